The summed E-state index contributed by atoms with van der Waals surface area (Å²) in [6.07, 6.45) is 6.14. The van der Waals surface area contributed by atoms with Gasteiger partial charge in [0.05, 0.1) is 6.61 Å². The molecule has 1 aromatic carbocycles. The molecule has 0 unspecified atom stereocenters. The van der Waals surface area contributed by atoms with Gasteiger partial charge in [-0.3, -0.25) is 0 Å². The predicted octanol–water partition coefficient (Wildman–Crippen LogP) is 2.94. The van der Waals surface area contributed by atoms with Crippen LogP contribution in [-0.4, -0.2) is 19.7 Å². The first-order valence-corrected chi connectivity index (χ1v) is 6.85. The predicted molar refractivity (Wildman–Crippen MR) is 71.7 cm³/mol. The van der Waals surface area contributed by atoms with Crippen LogP contribution in [0.5, 0.6) is 5.75 Å². The van der Waals surface area contributed by atoms with Crippen molar-refractivity contribution >= 4 is 0 Å². The number of nitrogens with one attached hydrogen (secondary N) is 1. The van der Waals surface area contributed by atoms with Crippen molar-refractivity contribution in [2.45, 2.75) is 39.0 Å². The Hall–Kier alpha value is -1.02. The highest BCUT2D eigenvalue weighted by molar-refractivity contribution is 5.39. The van der Waals surface area contributed by atoms with Crippen LogP contribution in [0.4, 0.5) is 0 Å². The Morgan fingerprint density at radius 1 is 1.24 bits per heavy atom. The Kier molecular flexibility index (Phi) is 4.87. The number of ether oxygens (including phenoxy) is 1. The molecule has 0 amide bonds. The topological polar surface area (TPSA) is 21.3 Å². The summed E-state index contributed by atoms with van der Waals surface area (Å²) in [5.41, 5.74) is 2.81. The van der Waals surface area contributed by atoms with E-state index in [1.807, 2.05) is 0 Å². The molecule has 0 fully saturated rings. The Morgan fingerprint density at radius 2 is 2.18 bits per heavy atom. The lowest BCUT2D eigenvalue weighted by Gasteiger charge is -2.06. The SMILES string of the molecule is CCCCCNCCc1ccc2c(c1)CCO2. The molecule has 2 rings (SSSR count). The largest absolute Gasteiger partial charge is 0.493 e. The number of fused-ring (bicyclic) bond motifs is 1. The second-order valence-corrected chi connectivity index (χ2v) is 4.75. The Labute approximate surface area is 104 Å². The Bertz CT molecular complexity index is 349. The van der Waals surface area contributed by atoms with Crippen molar-refractivity contribution in [1.82, 2.24) is 5.32 Å². The lowest BCUT2D eigenvalue weighted by atomic mass is 10.1. The van der Waals surface area contributed by atoms with Crippen molar-refractivity contribution in [1.29, 1.82) is 0 Å². The Balaban J connectivity index is 1.69. The lowest BCUT2D eigenvalue weighted by molar-refractivity contribution is 0.357. The molecule has 1 aliphatic rings. The maximum absolute atomic E-state index is 5.51. The molecule has 2 heteroatoms. The zero-order valence-corrected chi connectivity index (χ0v) is 10.8. The fraction of sp³-hybridized carbons (Fsp3) is 0.600. The summed E-state index contributed by atoms with van der Waals surface area (Å²) in [7, 11) is 0. The van der Waals surface area contributed by atoms with Crippen LogP contribution in [0.1, 0.15) is 37.3 Å². The van der Waals surface area contributed by atoms with E-state index in [9.17, 15) is 0 Å². The zero-order chi connectivity index (χ0) is 11.9. The molecule has 1 aliphatic heterocycles. The van der Waals surface area contributed by atoms with Crippen LogP contribution in [0.15, 0.2) is 18.2 Å². The van der Waals surface area contributed by atoms with Gasteiger partial charge in [0, 0.05) is 6.42 Å². The normalized spacial score (nSPS) is 13.5. The summed E-state index contributed by atoms with van der Waals surface area (Å²) in [6, 6.07) is 6.61. The highest BCUT2D eigenvalue weighted by Gasteiger charge is 2.11. The number of unbranched alkanes of at least 4 members (excludes halogenated alkanes) is 2. The molecule has 0 spiro atoms. The fourth-order valence-electron chi connectivity index (χ4n) is 2.25. The van der Waals surface area contributed by atoms with Gasteiger partial charge in [-0.2, -0.15) is 0 Å². The van der Waals surface area contributed by atoms with E-state index in [0.29, 0.717) is 0 Å². The third-order valence-electron chi connectivity index (χ3n) is 3.30. The number of hydrogen-bond acceptors (Lipinski definition) is 2. The van der Waals surface area contributed by atoms with Gasteiger partial charge in [0.2, 0.25) is 0 Å². The average molecular weight is 233 g/mol. The molecule has 17 heavy (non-hydrogen) atoms. The van der Waals surface area contributed by atoms with Crippen molar-refractivity contribution in [3.8, 4) is 5.75 Å². The van der Waals surface area contributed by atoms with Crippen LogP contribution in [0.3, 0.4) is 0 Å². The molecule has 0 atom stereocenters. The van der Waals surface area contributed by atoms with Crippen molar-refractivity contribution in [3.05, 3.63) is 29.3 Å². The van der Waals surface area contributed by atoms with Gasteiger partial charge >= 0.3 is 0 Å². The molecule has 0 aliphatic carbocycles. The first kappa shape index (κ1) is 12.4. The number of rotatable bonds is 7. The van der Waals surface area contributed by atoms with E-state index in [1.165, 1.54) is 30.4 Å². The molecule has 94 valence electrons. The molecule has 0 saturated heterocycles. The molecule has 1 heterocycles. The van der Waals surface area contributed by atoms with Gasteiger partial charge in [-0.05, 0) is 43.1 Å². The highest BCUT2D eigenvalue weighted by Crippen LogP contribution is 2.25. The minimum atomic E-state index is 0.855. The standard InChI is InChI=1S/C15H23NO/c1-2-3-4-9-16-10-7-13-5-6-15-14(12-13)8-11-17-15/h5-6,12,16H,2-4,7-11H2,1H3. The van der Waals surface area contributed by atoms with Crippen molar-refractivity contribution in [2.24, 2.45) is 0 Å². The maximum Gasteiger partial charge on any atom is 0.122 e. The monoisotopic (exact) mass is 233 g/mol. The Morgan fingerprint density at radius 3 is 3.06 bits per heavy atom. The van der Waals surface area contributed by atoms with Crippen molar-refractivity contribution in [2.75, 3.05) is 19.7 Å². The quantitative estimate of drug-likeness (QED) is 0.731. The summed E-state index contributed by atoms with van der Waals surface area (Å²) >= 11 is 0. The summed E-state index contributed by atoms with van der Waals surface area (Å²) in [5, 5.41) is 3.51. The minimum Gasteiger partial charge on any atom is -0.493 e. The van der Waals surface area contributed by atoms with Crippen LogP contribution in [0.25, 0.3) is 0 Å². The molecule has 0 saturated carbocycles. The van der Waals surface area contributed by atoms with E-state index in [2.05, 4.69) is 30.4 Å². The van der Waals surface area contributed by atoms with Gasteiger partial charge in [0.15, 0.2) is 0 Å². The molecule has 0 radical (unpaired) electrons. The summed E-state index contributed by atoms with van der Waals surface area (Å²) in [5.74, 6) is 1.09. The van der Waals surface area contributed by atoms with E-state index >= 15 is 0 Å². The van der Waals surface area contributed by atoms with Crippen LogP contribution < -0.4 is 10.1 Å². The highest BCUT2D eigenvalue weighted by atomic mass is 16.5. The van der Waals surface area contributed by atoms with E-state index in [1.54, 1.807) is 0 Å². The molecule has 1 aromatic rings. The summed E-state index contributed by atoms with van der Waals surface area (Å²) < 4.78 is 5.51. The van der Waals surface area contributed by atoms with Crippen LogP contribution in [-0.2, 0) is 12.8 Å². The van der Waals surface area contributed by atoms with Gasteiger partial charge in [-0.1, -0.05) is 31.9 Å². The second kappa shape index (κ2) is 6.65. The molecular weight excluding hydrogens is 210 g/mol. The van der Waals surface area contributed by atoms with E-state index in [-0.39, 0.29) is 0 Å². The van der Waals surface area contributed by atoms with Gasteiger partial charge in [0.1, 0.15) is 5.75 Å². The lowest BCUT2D eigenvalue weighted by Crippen LogP contribution is -2.18. The average Bonchev–Trinajstić information content (AvgIpc) is 2.81. The molecule has 1 N–H and O–H groups in total. The second-order valence-electron chi connectivity index (χ2n) is 4.75. The molecule has 0 bridgehead atoms. The van der Waals surface area contributed by atoms with Gasteiger partial charge < -0.3 is 10.1 Å². The molecule has 2 nitrogen and oxygen atoms in total. The third kappa shape index (κ3) is 3.74. The smallest absolute Gasteiger partial charge is 0.122 e. The van der Waals surface area contributed by atoms with Crippen LogP contribution >= 0.6 is 0 Å². The summed E-state index contributed by atoms with van der Waals surface area (Å²) in [6.45, 7) is 5.34. The summed E-state index contributed by atoms with van der Waals surface area (Å²) in [4.78, 5) is 0. The number of benzene rings is 1. The maximum atomic E-state index is 5.51. The van der Waals surface area contributed by atoms with E-state index < -0.39 is 0 Å². The van der Waals surface area contributed by atoms with Crippen LogP contribution in [0, 0.1) is 0 Å². The third-order valence-corrected chi connectivity index (χ3v) is 3.30. The van der Waals surface area contributed by atoms with E-state index in [0.717, 1.165) is 38.3 Å². The van der Waals surface area contributed by atoms with Gasteiger partial charge in [-0.25, -0.2) is 0 Å². The van der Waals surface area contributed by atoms with Gasteiger partial charge in [-0.15, -0.1) is 0 Å². The van der Waals surface area contributed by atoms with Crippen molar-refractivity contribution in [3.63, 3.8) is 0 Å². The molecular formula is C15H23NO. The van der Waals surface area contributed by atoms with Gasteiger partial charge in [0.25, 0.3) is 0 Å². The number of hydrogen-bond donors (Lipinski definition) is 1. The zero-order valence-electron chi connectivity index (χ0n) is 10.8. The van der Waals surface area contributed by atoms with Crippen LogP contribution in [0.2, 0.25) is 0 Å². The van der Waals surface area contributed by atoms with E-state index in [4.69, 9.17) is 4.74 Å². The minimum absolute atomic E-state index is 0.855. The molecule has 0 aromatic heterocycles. The first-order valence-electron chi connectivity index (χ1n) is 6.85. The van der Waals surface area contributed by atoms with Crippen molar-refractivity contribution < 1.29 is 4.74 Å². The fourth-order valence-corrected chi connectivity index (χ4v) is 2.25. The first-order chi connectivity index (χ1) is 8.40.